The number of carboxylic acids is 1. The molecular weight excluding hydrogens is 682 g/mol. The highest BCUT2D eigenvalue weighted by Gasteiger charge is 2.17. The number of aliphatic carboxylic acids is 1. The van der Waals surface area contributed by atoms with E-state index in [1.165, 1.54) is 17.0 Å². The average molecular weight is 720 g/mol. The molecule has 0 fully saturated rings. The zero-order chi connectivity index (χ0) is 37.0. The van der Waals surface area contributed by atoms with Crippen LogP contribution in [0.3, 0.4) is 0 Å². The van der Waals surface area contributed by atoms with Crippen LogP contribution in [-0.4, -0.2) is 74.6 Å². The zero-order valence-electron chi connectivity index (χ0n) is 28.7. The monoisotopic (exact) mass is 719 g/mol. The van der Waals surface area contributed by atoms with E-state index in [-0.39, 0.29) is 63.6 Å². The van der Waals surface area contributed by atoms with E-state index >= 15 is 0 Å². The lowest BCUT2D eigenvalue weighted by Gasteiger charge is -2.22. The van der Waals surface area contributed by atoms with E-state index in [0.29, 0.717) is 45.0 Å². The third kappa shape index (κ3) is 9.97. The van der Waals surface area contributed by atoms with Crippen molar-refractivity contribution in [3.05, 3.63) is 130 Å². The Balaban J connectivity index is 0.886. The van der Waals surface area contributed by atoms with Crippen molar-refractivity contribution in [1.29, 1.82) is 0 Å². The summed E-state index contributed by atoms with van der Waals surface area (Å²) in [6, 6.07) is 31.4. The van der Waals surface area contributed by atoms with Crippen LogP contribution in [0, 0.1) is 0 Å². The summed E-state index contributed by atoms with van der Waals surface area (Å²) in [7, 11) is 0. The summed E-state index contributed by atoms with van der Waals surface area (Å²) in [5.74, 6) is 0.374. The van der Waals surface area contributed by atoms with Gasteiger partial charge in [0.15, 0.2) is 10.9 Å². The molecule has 12 heteroatoms. The summed E-state index contributed by atoms with van der Waals surface area (Å²) < 4.78 is 34.6. The number of carbonyl (C=O) groups excluding carboxylic acids is 1. The molecule has 272 valence electrons. The smallest absolute Gasteiger partial charge is 0.312 e. The molecule has 0 radical (unpaired) electrons. The molecule has 2 heterocycles. The minimum Gasteiger partial charge on any atom is -0.491 e. The second kappa shape index (κ2) is 17.8. The van der Waals surface area contributed by atoms with E-state index < -0.39 is 18.3 Å². The van der Waals surface area contributed by atoms with Gasteiger partial charge in [0.2, 0.25) is 5.91 Å². The first-order valence-corrected chi connectivity index (χ1v) is 17.0. The fourth-order valence-electron chi connectivity index (χ4n) is 5.52. The van der Waals surface area contributed by atoms with Crippen molar-refractivity contribution < 1.29 is 42.5 Å². The van der Waals surface area contributed by atoms with E-state index in [9.17, 15) is 19.2 Å². The minimum atomic E-state index is -1.22. The second-order valence-corrected chi connectivity index (χ2v) is 11.9. The molecule has 0 spiro atoms. The van der Waals surface area contributed by atoms with Crippen LogP contribution < -0.4 is 20.3 Å². The summed E-state index contributed by atoms with van der Waals surface area (Å²) in [4.78, 5) is 50.0. The molecule has 6 rings (SSSR count). The standard InChI is InChI=1S/C41H37NO11/c43-34-25-38(52-36-7-3-1-5-32(34)36)28-9-13-30(14-10-28)50-23-21-48-19-17-42(40(45)27-41(46)47)18-20-49-22-24-51-31-15-11-29(12-16-31)39-26-35(44)33-6-2-4-8-37(33)53-39/h1-16,25-26H,17-24,27H2,(H,46,47). The predicted octanol–water partition coefficient (Wildman–Crippen LogP) is 6.03. The van der Waals surface area contributed by atoms with Gasteiger partial charge < -0.3 is 37.8 Å². The van der Waals surface area contributed by atoms with Gasteiger partial charge in [-0.3, -0.25) is 19.2 Å². The predicted molar refractivity (Wildman–Crippen MR) is 197 cm³/mol. The highest BCUT2D eigenvalue weighted by Crippen LogP contribution is 2.26. The van der Waals surface area contributed by atoms with Crippen molar-refractivity contribution >= 4 is 33.8 Å². The van der Waals surface area contributed by atoms with Crippen LogP contribution in [-0.2, 0) is 19.1 Å². The molecule has 12 nitrogen and oxygen atoms in total. The maximum atomic E-state index is 12.5. The summed E-state index contributed by atoms with van der Waals surface area (Å²) in [5, 5.41) is 10.2. The molecule has 0 unspecified atom stereocenters. The van der Waals surface area contributed by atoms with Gasteiger partial charge in [0.05, 0.1) is 37.2 Å². The minimum absolute atomic E-state index is 0.114. The molecule has 0 aliphatic heterocycles. The van der Waals surface area contributed by atoms with Gasteiger partial charge in [-0.2, -0.15) is 0 Å². The van der Waals surface area contributed by atoms with Gasteiger partial charge in [-0.15, -0.1) is 0 Å². The Labute approximate surface area is 303 Å². The maximum Gasteiger partial charge on any atom is 0.312 e. The fourth-order valence-corrected chi connectivity index (χ4v) is 5.52. The van der Waals surface area contributed by atoms with Crippen LogP contribution in [0.25, 0.3) is 44.6 Å². The fraction of sp³-hybridized carbons (Fsp3) is 0.220. The molecule has 0 saturated carbocycles. The molecule has 1 N–H and O–H groups in total. The van der Waals surface area contributed by atoms with Gasteiger partial charge in [-0.05, 0) is 72.8 Å². The highest BCUT2D eigenvalue weighted by atomic mass is 16.5. The van der Waals surface area contributed by atoms with E-state index in [2.05, 4.69) is 0 Å². The molecule has 2 aromatic heterocycles. The number of para-hydroxylation sites is 2. The normalized spacial score (nSPS) is 11.1. The number of nitrogens with zero attached hydrogens (tertiary/aromatic N) is 1. The number of rotatable bonds is 18. The summed E-state index contributed by atoms with van der Waals surface area (Å²) in [6.45, 7) is 1.70. The molecular formula is C41H37NO11. The maximum absolute atomic E-state index is 12.5. The van der Waals surface area contributed by atoms with Crippen LogP contribution in [0.5, 0.6) is 11.5 Å². The molecule has 0 aliphatic carbocycles. The number of benzene rings is 4. The van der Waals surface area contributed by atoms with Crippen LogP contribution in [0.2, 0.25) is 0 Å². The third-order valence-electron chi connectivity index (χ3n) is 8.21. The SMILES string of the molecule is O=C(O)CC(=O)N(CCOCCOc1ccc(-c2cc(=O)c3ccccc3o2)cc1)CCOCCOc1ccc(-c2cc(=O)c3ccccc3o2)cc1. The molecule has 0 atom stereocenters. The topological polar surface area (TPSA) is 155 Å². The Hall–Kier alpha value is -6.24. The van der Waals surface area contributed by atoms with Gasteiger partial charge in [0, 0.05) is 36.3 Å². The Morgan fingerprint density at radius 3 is 1.43 bits per heavy atom. The second-order valence-electron chi connectivity index (χ2n) is 11.9. The molecule has 0 aliphatic rings. The number of fused-ring (bicyclic) bond motifs is 2. The Morgan fingerprint density at radius 1 is 0.566 bits per heavy atom. The van der Waals surface area contributed by atoms with Gasteiger partial charge in [0.1, 0.15) is 53.8 Å². The van der Waals surface area contributed by atoms with Gasteiger partial charge in [0.25, 0.3) is 0 Å². The van der Waals surface area contributed by atoms with E-state index in [1.807, 2.05) is 12.1 Å². The Kier molecular flexibility index (Phi) is 12.3. The third-order valence-corrected chi connectivity index (χ3v) is 8.21. The quantitative estimate of drug-likeness (QED) is 0.0818. The van der Waals surface area contributed by atoms with Crippen LogP contribution >= 0.6 is 0 Å². The zero-order valence-corrected chi connectivity index (χ0v) is 28.7. The average Bonchev–Trinajstić information content (AvgIpc) is 3.16. The largest absolute Gasteiger partial charge is 0.491 e. The van der Waals surface area contributed by atoms with Gasteiger partial charge in [-0.1, -0.05) is 24.3 Å². The summed E-state index contributed by atoms with van der Waals surface area (Å²) >= 11 is 0. The number of hydrogen-bond donors (Lipinski definition) is 1. The lowest BCUT2D eigenvalue weighted by molar-refractivity contribution is -0.145. The van der Waals surface area contributed by atoms with Crippen molar-refractivity contribution in [1.82, 2.24) is 4.90 Å². The number of ether oxygens (including phenoxy) is 4. The molecule has 1 amide bonds. The molecule has 0 bridgehead atoms. The van der Waals surface area contributed by atoms with Gasteiger partial charge >= 0.3 is 5.97 Å². The number of hydrogen-bond acceptors (Lipinski definition) is 10. The summed E-state index contributed by atoms with van der Waals surface area (Å²) in [5.41, 5.74) is 2.28. The molecule has 53 heavy (non-hydrogen) atoms. The molecule has 4 aromatic carbocycles. The first-order valence-electron chi connectivity index (χ1n) is 17.0. The van der Waals surface area contributed by atoms with Crippen molar-refractivity contribution in [2.75, 3.05) is 52.7 Å². The molecule has 6 aromatic rings. The van der Waals surface area contributed by atoms with Crippen LogP contribution in [0.1, 0.15) is 6.42 Å². The van der Waals surface area contributed by atoms with Crippen molar-refractivity contribution in [2.45, 2.75) is 6.42 Å². The van der Waals surface area contributed by atoms with Crippen molar-refractivity contribution in [2.24, 2.45) is 0 Å². The van der Waals surface area contributed by atoms with E-state index in [4.69, 9.17) is 32.9 Å². The van der Waals surface area contributed by atoms with Crippen LogP contribution in [0.15, 0.2) is 128 Å². The van der Waals surface area contributed by atoms with Crippen molar-refractivity contribution in [3.63, 3.8) is 0 Å². The van der Waals surface area contributed by atoms with Crippen LogP contribution in [0.4, 0.5) is 0 Å². The number of carboxylic acid groups (broad SMARTS) is 1. The highest BCUT2D eigenvalue weighted by molar-refractivity contribution is 5.93. The van der Waals surface area contributed by atoms with E-state index in [1.54, 1.807) is 84.9 Å². The Morgan fingerprint density at radius 2 is 1.00 bits per heavy atom. The molecule has 0 saturated heterocycles. The van der Waals surface area contributed by atoms with E-state index in [0.717, 1.165) is 11.1 Å². The Bertz CT molecular complexity index is 2130. The lowest BCUT2D eigenvalue weighted by Crippen LogP contribution is -2.38. The summed E-state index contributed by atoms with van der Waals surface area (Å²) in [6.07, 6.45) is -0.635. The van der Waals surface area contributed by atoms with Gasteiger partial charge in [-0.25, -0.2) is 0 Å². The van der Waals surface area contributed by atoms with Crippen molar-refractivity contribution in [3.8, 4) is 34.1 Å². The number of amides is 1. The first-order chi connectivity index (χ1) is 25.8. The lowest BCUT2D eigenvalue weighted by atomic mass is 10.1. The first kappa shape index (κ1) is 36.5. The number of carbonyl (C=O) groups is 2.